The number of nitrogens with two attached hydrogens (primary N) is 1. The molecule has 0 fully saturated rings. The van der Waals surface area contributed by atoms with E-state index in [2.05, 4.69) is 34.4 Å². The minimum absolute atomic E-state index is 0.248. The van der Waals surface area contributed by atoms with Gasteiger partial charge in [0.1, 0.15) is 17.5 Å². The predicted octanol–water partition coefficient (Wildman–Crippen LogP) is 2.32. The number of nitrogens with zero attached hydrogens (tertiary/aromatic N) is 2. The van der Waals surface area contributed by atoms with Gasteiger partial charge in [0, 0.05) is 31.0 Å². The third-order valence-electron chi connectivity index (χ3n) is 2.88. The zero-order valence-electron chi connectivity index (χ0n) is 13.5. The maximum atomic E-state index is 11.1. The number of aromatic nitrogens is 2. The molecule has 1 heterocycles. The molecule has 6 heteroatoms. The van der Waals surface area contributed by atoms with Crippen molar-refractivity contribution in [2.45, 2.75) is 58.9 Å². The van der Waals surface area contributed by atoms with Gasteiger partial charge in [-0.3, -0.25) is 4.79 Å². The van der Waals surface area contributed by atoms with E-state index in [4.69, 9.17) is 5.73 Å². The molecule has 21 heavy (non-hydrogen) atoms. The number of aryl methyl sites for hydroxylation is 1. The predicted molar refractivity (Wildman–Crippen MR) is 86.3 cm³/mol. The zero-order chi connectivity index (χ0) is 15.9. The van der Waals surface area contributed by atoms with Crippen molar-refractivity contribution >= 4 is 17.5 Å². The van der Waals surface area contributed by atoms with Crippen LogP contribution in [0.25, 0.3) is 0 Å². The summed E-state index contributed by atoms with van der Waals surface area (Å²) in [6.45, 7) is 8.93. The van der Waals surface area contributed by atoms with E-state index in [-0.39, 0.29) is 12.3 Å². The minimum Gasteiger partial charge on any atom is -0.370 e. The summed E-state index contributed by atoms with van der Waals surface area (Å²) in [4.78, 5) is 20.1. The highest BCUT2D eigenvalue weighted by atomic mass is 16.1. The van der Waals surface area contributed by atoms with Gasteiger partial charge in [-0.15, -0.1) is 0 Å². The van der Waals surface area contributed by atoms with E-state index in [1.807, 2.05) is 19.9 Å². The summed E-state index contributed by atoms with van der Waals surface area (Å²) in [6.07, 6.45) is 3.09. The lowest BCUT2D eigenvalue weighted by atomic mass is 10.0. The fourth-order valence-electron chi connectivity index (χ4n) is 2.07. The Kier molecular flexibility index (Phi) is 6.39. The summed E-state index contributed by atoms with van der Waals surface area (Å²) in [7, 11) is 0. The van der Waals surface area contributed by atoms with Crippen LogP contribution in [0.5, 0.6) is 0 Å². The molecule has 0 aromatic carbocycles. The topological polar surface area (TPSA) is 92.9 Å². The third kappa shape index (κ3) is 6.42. The molecular weight excluding hydrogens is 266 g/mol. The molecule has 1 aromatic heterocycles. The van der Waals surface area contributed by atoms with Crippen LogP contribution in [0.4, 0.5) is 11.6 Å². The standard InChI is InChI=1S/C15H27N5O/c1-5-7-12-18-13(17-8-6-2)9-14(19-12)20-15(3,4)10-11(16)21/h9H,5-8,10H2,1-4H3,(H2,16,21)(H2,17,18,19,20). The fraction of sp³-hybridized carbons (Fsp3) is 0.667. The van der Waals surface area contributed by atoms with Gasteiger partial charge >= 0.3 is 0 Å². The zero-order valence-corrected chi connectivity index (χ0v) is 13.5. The largest absolute Gasteiger partial charge is 0.370 e. The van der Waals surface area contributed by atoms with Crippen molar-refractivity contribution in [2.75, 3.05) is 17.2 Å². The Morgan fingerprint density at radius 1 is 1.24 bits per heavy atom. The molecule has 0 spiro atoms. The summed E-state index contributed by atoms with van der Waals surface area (Å²) in [5.41, 5.74) is 4.84. The lowest BCUT2D eigenvalue weighted by Crippen LogP contribution is -2.36. The Balaban J connectivity index is 2.93. The number of primary amides is 1. The highest BCUT2D eigenvalue weighted by Gasteiger charge is 2.21. The molecule has 4 N–H and O–H groups in total. The number of nitrogens with one attached hydrogen (secondary N) is 2. The number of amides is 1. The molecule has 118 valence electrons. The van der Waals surface area contributed by atoms with Crippen molar-refractivity contribution < 1.29 is 4.79 Å². The quantitative estimate of drug-likeness (QED) is 0.649. The molecule has 1 aromatic rings. The summed E-state index contributed by atoms with van der Waals surface area (Å²) in [5, 5.41) is 6.55. The van der Waals surface area contributed by atoms with Crippen LogP contribution in [0, 0.1) is 0 Å². The summed E-state index contributed by atoms with van der Waals surface area (Å²) < 4.78 is 0. The summed E-state index contributed by atoms with van der Waals surface area (Å²) in [6, 6.07) is 1.87. The van der Waals surface area contributed by atoms with Gasteiger partial charge in [0.15, 0.2) is 0 Å². The van der Waals surface area contributed by atoms with Crippen LogP contribution in [-0.4, -0.2) is 28.0 Å². The summed E-state index contributed by atoms with van der Waals surface area (Å²) in [5.74, 6) is 2.00. The number of rotatable bonds is 9. The molecule has 0 aliphatic rings. The third-order valence-corrected chi connectivity index (χ3v) is 2.88. The molecular formula is C15H27N5O. The maximum absolute atomic E-state index is 11.1. The molecule has 0 atom stereocenters. The highest BCUT2D eigenvalue weighted by molar-refractivity contribution is 5.75. The second kappa shape index (κ2) is 7.81. The average Bonchev–Trinajstić information content (AvgIpc) is 2.34. The first-order chi connectivity index (χ1) is 9.86. The van der Waals surface area contributed by atoms with E-state index in [1.165, 1.54) is 0 Å². The first kappa shape index (κ1) is 17.2. The van der Waals surface area contributed by atoms with Crippen molar-refractivity contribution in [1.29, 1.82) is 0 Å². The van der Waals surface area contributed by atoms with E-state index < -0.39 is 5.54 Å². The Morgan fingerprint density at radius 2 is 1.90 bits per heavy atom. The Bertz CT molecular complexity index is 473. The molecule has 0 saturated carbocycles. The van der Waals surface area contributed by atoms with Crippen molar-refractivity contribution in [3.05, 3.63) is 11.9 Å². The van der Waals surface area contributed by atoms with Gasteiger partial charge in [0.05, 0.1) is 0 Å². The molecule has 1 rings (SSSR count). The van der Waals surface area contributed by atoms with E-state index in [0.29, 0.717) is 0 Å². The van der Waals surface area contributed by atoms with Gasteiger partial charge in [-0.2, -0.15) is 0 Å². The first-order valence-corrected chi connectivity index (χ1v) is 7.54. The smallest absolute Gasteiger partial charge is 0.219 e. The van der Waals surface area contributed by atoms with Gasteiger partial charge in [-0.05, 0) is 26.7 Å². The SMILES string of the molecule is CCCNc1cc(NC(C)(C)CC(N)=O)nc(CCC)n1. The van der Waals surface area contributed by atoms with Gasteiger partial charge in [0.2, 0.25) is 5.91 Å². The number of anilines is 2. The molecule has 0 aliphatic carbocycles. The van der Waals surface area contributed by atoms with Crippen molar-refractivity contribution in [2.24, 2.45) is 5.73 Å². The molecule has 0 bridgehead atoms. The Hall–Kier alpha value is -1.85. The van der Waals surface area contributed by atoms with Crippen LogP contribution in [0.1, 0.15) is 52.8 Å². The van der Waals surface area contributed by atoms with Crippen molar-refractivity contribution in [3.8, 4) is 0 Å². The molecule has 0 unspecified atom stereocenters. The van der Waals surface area contributed by atoms with Crippen LogP contribution in [0.2, 0.25) is 0 Å². The molecule has 1 amide bonds. The number of hydrogen-bond acceptors (Lipinski definition) is 5. The van der Waals surface area contributed by atoms with Crippen LogP contribution < -0.4 is 16.4 Å². The van der Waals surface area contributed by atoms with Gasteiger partial charge in [-0.25, -0.2) is 9.97 Å². The fourth-order valence-corrected chi connectivity index (χ4v) is 2.07. The van der Waals surface area contributed by atoms with E-state index in [0.717, 1.165) is 43.3 Å². The van der Waals surface area contributed by atoms with Crippen molar-refractivity contribution in [1.82, 2.24) is 9.97 Å². The number of carbonyl (C=O) groups excluding carboxylic acids is 1. The monoisotopic (exact) mass is 293 g/mol. The van der Waals surface area contributed by atoms with Gasteiger partial charge in [0.25, 0.3) is 0 Å². The maximum Gasteiger partial charge on any atom is 0.219 e. The second-order valence-corrected chi connectivity index (χ2v) is 5.88. The number of carbonyl (C=O) groups is 1. The van der Waals surface area contributed by atoms with Crippen molar-refractivity contribution in [3.63, 3.8) is 0 Å². The minimum atomic E-state index is -0.439. The Labute approximate surface area is 126 Å². The van der Waals surface area contributed by atoms with Crippen LogP contribution >= 0.6 is 0 Å². The molecule has 0 saturated heterocycles. The summed E-state index contributed by atoms with van der Waals surface area (Å²) >= 11 is 0. The number of hydrogen-bond donors (Lipinski definition) is 3. The average molecular weight is 293 g/mol. The molecule has 6 nitrogen and oxygen atoms in total. The molecule has 0 radical (unpaired) electrons. The van der Waals surface area contributed by atoms with E-state index in [1.54, 1.807) is 0 Å². The van der Waals surface area contributed by atoms with Gasteiger partial charge in [-0.1, -0.05) is 13.8 Å². The lowest BCUT2D eigenvalue weighted by molar-refractivity contribution is -0.118. The first-order valence-electron chi connectivity index (χ1n) is 7.54. The molecule has 0 aliphatic heterocycles. The highest BCUT2D eigenvalue weighted by Crippen LogP contribution is 2.19. The lowest BCUT2D eigenvalue weighted by Gasteiger charge is -2.25. The van der Waals surface area contributed by atoms with Crippen LogP contribution in [0.15, 0.2) is 6.07 Å². The van der Waals surface area contributed by atoms with E-state index in [9.17, 15) is 4.79 Å². The van der Waals surface area contributed by atoms with Gasteiger partial charge < -0.3 is 16.4 Å². The van der Waals surface area contributed by atoms with Crippen LogP contribution in [0.3, 0.4) is 0 Å². The second-order valence-electron chi connectivity index (χ2n) is 5.88. The normalized spacial score (nSPS) is 11.2. The van der Waals surface area contributed by atoms with E-state index >= 15 is 0 Å². The van der Waals surface area contributed by atoms with Crippen LogP contribution in [-0.2, 0) is 11.2 Å². The Morgan fingerprint density at radius 3 is 2.48 bits per heavy atom.